The summed E-state index contributed by atoms with van der Waals surface area (Å²) in [6, 6.07) is 15.5. The Labute approximate surface area is 157 Å². The van der Waals surface area contributed by atoms with Gasteiger partial charge in [0.15, 0.2) is 3.95 Å². The highest BCUT2D eigenvalue weighted by atomic mass is 32.1. The van der Waals surface area contributed by atoms with E-state index in [-0.39, 0.29) is 5.88 Å². The summed E-state index contributed by atoms with van der Waals surface area (Å²) >= 11 is 6.81. The van der Waals surface area contributed by atoms with Crippen LogP contribution in [0.15, 0.2) is 69.2 Å². The van der Waals surface area contributed by atoms with Crippen molar-refractivity contribution in [3.8, 4) is 11.6 Å². The second-order valence-corrected chi connectivity index (χ2v) is 7.37. The van der Waals surface area contributed by atoms with Crippen molar-refractivity contribution in [3.05, 3.63) is 73.4 Å². The first-order chi connectivity index (χ1) is 12.6. The van der Waals surface area contributed by atoms with E-state index in [2.05, 4.69) is 20.7 Å². The van der Waals surface area contributed by atoms with Crippen molar-refractivity contribution in [2.75, 3.05) is 0 Å². The zero-order valence-electron chi connectivity index (χ0n) is 13.7. The first kappa shape index (κ1) is 16.5. The fraction of sp³-hybridized carbons (Fsp3) is 0.0556. The maximum absolute atomic E-state index is 10.7. The molecule has 2 aromatic carbocycles. The van der Waals surface area contributed by atoms with Gasteiger partial charge in [-0.1, -0.05) is 36.4 Å². The maximum Gasteiger partial charge on any atom is 0.215 e. The molecule has 0 amide bonds. The number of aromatic hydroxyl groups is 1. The van der Waals surface area contributed by atoms with E-state index in [1.165, 1.54) is 11.3 Å². The van der Waals surface area contributed by atoms with Crippen LogP contribution >= 0.6 is 23.6 Å². The molecule has 0 saturated carbocycles. The van der Waals surface area contributed by atoms with Crippen molar-refractivity contribution in [2.24, 2.45) is 20.7 Å². The molecule has 1 N–H and O–H groups in total. The second-order valence-electron chi connectivity index (χ2n) is 5.70. The molecule has 1 aliphatic rings. The zero-order chi connectivity index (χ0) is 18.1. The minimum absolute atomic E-state index is 0.141. The largest absolute Gasteiger partial charge is 0.493 e. The third kappa shape index (κ3) is 3.12. The molecular weight excluding hydrogens is 366 g/mol. The molecule has 26 heavy (non-hydrogen) atoms. The molecule has 3 aromatic rings. The Morgan fingerprint density at radius 2 is 1.81 bits per heavy atom. The van der Waals surface area contributed by atoms with Gasteiger partial charge in [-0.3, -0.25) is 4.57 Å². The Bertz CT molecular complexity index is 1200. The van der Waals surface area contributed by atoms with Crippen LogP contribution in [0.1, 0.15) is 10.4 Å². The Balaban J connectivity index is 1.78. The second kappa shape index (κ2) is 6.74. The summed E-state index contributed by atoms with van der Waals surface area (Å²) in [6.07, 6.45) is 1.90. The van der Waals surface area contributed by atoms with Gasteiger partial charge in [0.2, 0.25) is 11.7 Å². The predicted molar refractivity (Wildman–Crippen MR) is 103 cm³/mol. The summed E-state index contributed by atoms with van der Waals surface area (Å²) in [5.74, 6) is 0.628. The first-order valence-electron chi connectivity index (χ1n) is 7.77. The van der Waals surface area contributed by atoms with Crippen LogP contribution in [0.25, 0.3) is 17.6 Å². The van der Waals surface area contributed by atoms with E-state index >= 15 is 0 Å². The van der Waals surface area contributed by atoms with Crippen LogP contribution in [-0.4, -0.2) is 9.67 Å². The molecule has 0 saturated heterocycles. The number of rotatable bonds is 2. The molecule has 0 fully saturated rings. The van der Waals surface area contributed by atoms with Crippen molar-refractivity contribution in [1.82, 2.24) is 4.57 Å². The summed E-state index contributed by atoms with van der Waals surface area (Å²) in [6.45, 7) is 2.01. The molecule has 0 spiro atoms. The molecule has 0 aliphatic carbocycles. The highest BCUT2D eigenvalue weighted by molar-refractivity contribution is 7.73. The van der Waals surface area contributed by atoms with Crippen LogP contribution in [0.5, 0.6) is 5.88 Å². The normalized spacial score (nSPS) is 12.7. The van der Waals surface area contributed by atoms with Gasteiger partial charge >= 0.3 is 0 Å². The summed E-state index contributed by atoms with van der Waals surface area (Å²) in [5, 5.41) is 27.1. The Hall–Kier alpha value is -2.97. The lowest BCUT2D eigenvalue weighted by Gasteiger charge is -2.05. The van der Waals surface area contributed by atoms with Gasteiger partial charge in [0, 0.05) is 5.22 Å². The number of nitrogens with zero attached hydrogens (tertiary/aromatic N) is 5. The van der Waals surface area contributed by atoms with E-state index in [1.807, 2.05) is 61.5 Å². The SMILES string of the molecule is Cc1cccc(-n2c(O)c(C=c3ccc(=C4N=NN=N4)cc3)sc2=S)c1. The molecule has 6 nitrogen and oxygen atoms in total. The summed E-state index contributed by atoms with van der Waals surface area (Å²) in [4.78, 5) is 0.706. The minimum atomic E-state index is 0.141. The number of hydrogen-bond donors (Lipinski definition) is 1. The van der Waals surface area contributed by atoms with E-state index < -0.39 is 0 Å². The van der Waals surface area contributed by atoms with Gasteiger partial charge in [0.05, 0.1) is 10.6 Å². The lowest BCUT2D eigenvalue weighted by Crippen LogP contribution is -2.08. The summed E-state index contributed by atoms with van der Waals surface area (Å²) < 4.78 is 2.28. The van der Waals surface area contributed by atoms with Crippen molar-refractivity contribution in [3.63, 3.8) is 0 Å². The van der Waals surface area contributed by atoms with Gasteiger partial charge in [-0.05, 0) is 58.6 Å². The lowest BCUT2D eigenvalue weighted by molar-refractivity contribution is 0.441. The van der Waals surface area contributed by atoms with E-state index in [0.29, 0.717) is 14.7 Å². The van der Waals surface area contributed by atoms with Crippen LogP contribution < -0.4 is 10.4 Å². The van der Waals surface area contributed by atoms with Gasteiger partial charge in [-0.25, -0.2) is 0 Å². The molecule has 128 valence electrons. The van der Waals surface area contributed by atoms with Crippen LogP contribution in [0.3, 0.4) is 0 Å². The number of aromatic nitrogens is 1. The molecule has 8 heteroatoms. The monoisotopic (exact) mass is 379 g/mol. The van der Waals surface area contributed by atoms with Crippen molar-refractivity contribution < 1.29 is 5.11 Å². The van der Waals surface area contributed by atoms with Gasteiger partial charge in [-0.2, -0.15) is 0 Å². The molecule has 0 unspecified atom stereocenters. The van der Waals surface area contributed by atoms with Crippen LogP contribution in [0, 0.1) is 10.9 Å². The topological polar surface area (TPSA) is 74.6 Å². The Morgan fingerprint density at radius 3 is 2.50 bits per heavy atom. The number of thiazole rings is 1. The lowest BCUT2D eigenvalue weighted by atomic mass is 10.2. The highest BCUT2D eigenvalue weighted by Gasteiger charge is 2.11. The van der Waals surface area contributed by atoms with E-state index in [4.69, 9.17) is 12.2 Å². The number of aryl methyl sites for hydroxylation is 1. The number of benzene rings is 2. The van der Waals surface area contributed by atoms with Crippen LogP contribution in [0.2, 0.25) is 0 Å². The standard InChI is InChI=1S/C18H13N5OS2/c1-11-3-2-4-14(9-11)23-17(24)15(26-18(23)25)10-12-5-7-13(8-6-12)16-19-21-22-20-16/h2-10,24H,1H3. The fourth-order valence-electron chi connectivity index (χ4n) is 2.61. The smallest absolute Gasteiger partial charge is 0.215 e. The van der Waals surface area contributed by atoms with Gasteiger partial charge in [0.1, 0.15) is 0 Å². The van der Waals surface area contributed by atoms with Gasteiger partial charge in [-0.15, -0.1) is 21.6 Å². The molecule has 2 heterocycles. The number of hydrogen-bond acceptors (Lipinski definition) is 7. The fourth-order valence-corrected chi connectivity index (χ4v) is 3.92. The summed E-state index contributed by atoms with van der Waals surface area (Å²) in [7, 11) is 0. The van der Waals surface area contributed by atoms with Crippen molar-refractivity contribution in [2.45, 2.75) is 6.92 Å². The van der Waals surface area contributed by atoms with Crippen LogP contribution in [0.4, 0.5) is 0 Å². The zero-order valence-corrected chi connectivity index (χ0v) is 15.3. The predicted octanol–water partition coefficient (Wildman–Crippen LogP) is 4.01. The Morgan fingerprint density at radius 1 is 1.08 bits per heavy atom. The van der Waals surface area contributed by atoms with E-state index in [1.54, 1.807) is 4.57 Å². The molecule has 1 aliphatic heterocycles. The van der Waals surface area contributed by atoms with E-state index in [9.17, 15) is 5.11 Å². The van der Waals surface area contributed by atoms with Crippen molar-refractivity contribution in [1.29, 1.82) is 0 Å². The molecule has 0 bridgehead atoms. The van der Waals surface area contributed by atoms with Gasteiger partial charge < -0.3 is 5.11 Å². The molecule has 0 radical (unpaired) electrons. The third-order valence-electron chi connectivity index (χ3n) is 3.86. The average molecular weight is 379 g/mol. The van der Waals surface area contributed by atoms with E-state index in [0.717, 1.165) is 21.7 Å². The average Bonchev–Trinajstić information content (AvgIpc) is 3.25. The highest BCUT2D eigenvalue weighted by Crippen LogP contribution is 2.30. The van der Waals surface area contributed by atoms with Crippen LogP contribution in [-0.2, 0) is 0 Å². The van der Waals surface area contributed by atoms with Gasteiger partial charge in [0.25, 0.3) is 0 Å². The minimum Gasteiger partial charge on any atom is -0.493 e. The molecular formula is C18H13N5OS2. The first-order valence-corrected chi connectivity index (χ1v) is 9.00. The molecule has 4 rings (SSSR count). The Kier molecular flexibility index (Phi) is 4.27. The van der Waals surface area contributed by atoms with Crippen molar-refractivity contribution >= 4 is 35.5 Å². The molecule has 0 atom stereocenters. The summed E-state index contributed by atoms with van der Waals surface area (Å²) in [5.41, 5.74) is 1.96. The third-order valence-corrected chi connectivity index (χ3v) is 5.17. The molecule has 1 aromatic heterocycles. The maximum atomic E-state index is 10.7. The quantitative estimate of drug-likeness (QED) is 0.683.